The van der Waals surface area contributed by atoms with Crippen LogP contribution in [0.5, 0.6) is 17.2 Å². The molecule has 0 fully saturated rings. The summed E-state index contributed by atoms with van der Waals surface area (Å²) in [5.74, 6) is 1.51. The number of nitriles is 1. The van der Waals surface area contributed by atoms with Crippen molar-refractivity contribution in [1.29, 1.82) is 5.26 Å². The van der Waals surface area contributed by atoms with E-state index in [-0.39, 0.29) is 0 Å². The highest BCUT2D eigenvalue weighted by Crippen LogP contribution is 2.41. The van der Waals surface area contributed by atoms with Gasteiger partial charge in [-0.1, -0.05) is 0 Å². The molecular weight excluding hydrogens is 332 g/mol. The zero-order valence-electron chi connectivity index (χ0n) is 14.7. The van der Waals surface area contributed by atoms with Crippen molar-refractivity contribution in [2.75, 3.05) is 32.4 Å². The van der Waals surface area contributed by atoms with Gasteiger partial charge in [-0.2, -0.15) is 5.26 Å². The van der Waals surface area contributed by atoms with Gasteiger partial charge < -0.3 is 25.3 Å². The zero-order chi connectivity index (χ0) is 18.7. The summed E-state index contributed by atoms with van der Waals surface area (Å²) in [4.78, 5) is 4.30. The van der Waals surface area contributed by atoms with Crippen LogP contribution < -0.4 is 25.3 Å². The Morgan fingerprint density at radius 3 is 2.31 bits per heavy atom. The number of nitrogens with two attached hydrogens (primary N) is 1. The Morgan fingerprint density at radius 2 is 1.73 bits per heavy atom. The molecule has 0 radical (unpaired) electrons. The van der Waals surface area contributed by atoms with Crippen molar-refractivity contribution < 1.29 is 14.2 Å². The highest BCUT2D eigenvalue weighted by Gasteiger charge is 2.15. The number of benzene rings is 2. The summed E-state index contributed by atoms with van der Waals surface area (Å²) in [7, 11) is 4.64. The molecule has 0 spiro atoms. The molecule has 132 valence electrons. The highest BCUT2D eigenvalue weighted by molar-refractivity contribution is 5.97. The van der Waals surface area contributed by atoms with Crippen LogP contribution in [0.4, 0.5) is 17.1 Å². The topological polar surface area (TPSA) is 102 Å². The Balaban J connectivity index is 2.16. The fourth-order valence-electron chi connectivity index (χ4n) is 2.73. The van der Waals surface area contributed by atoms with Crippen molar-refractivity contribution in [3.63, 3.8) is 0 Å². The molecule has 0 atom stereocenters. The number of hydrogen-bond donors (Lipinski definition) is 2. The van der Waals surface area contributed by atoms with Crippen molar-refractivity contribution >= 4 is 28.0 Å². The Labute approximate surface area is 150 Å². The van der Waals surface area contributed by atoms with Crippen molar-refractivity contribution in [3.05, 3.63) is 42.1 Å². The lowest BCUT2D eigenvalue weighted by Crippen LogP contribution is -2.00. The lowest BCUT2D eigenvalue weighted by Gasteiger charge is -2.16. The van der Waals surface area contributed by atoms with Crippen LogP contribution in [0.25, 0.3) is 10.9 Å². The summed E-state index contributed by atoms with van der Waals surface area (Å²) in [6, 6.07) is 11.1. The number of rotatable bonds is 5. The van der Waals surface area contributed by atoms with Gasteiger partial charge in [0, 0.05) is 35.1 Å². The summed E-state index contributed by atoms with van der Waals surface area (Å²) in [6.07, 6.45) is 1.52. The number of pyridine rings is 1. The number of methoxy groups -OCH3 is 3. The third-order valence-electron chi connectivity index (χ3n) is 3.95. The fourth-order valence-corrected chi connectivity index (χ4v) is 2.73. The largest absolute Gasteiger partial charge is 0.493 e. The van der Waals surface area contributed by atoms with Crippen LogP contribution in [0, 0.1) is 11.3 Å². The molecule has 3 aromatic rings. The van der Waals surface area contributed by atoms with Crippen LogP contribution in [0.2, 0.25) is 0 Å². The summed E-state index contributed by atoms with van der Waals surface area (Å²) in [5, 5.41) is 13.5. The first-order valence-electron chi connectivity index (χ1n) is 7.76. The molecule has 1 heterocycles. The number of nitrogens with zero attached hydrogens (tertiary/aromatic N) is 2. The second-order valence-corrected chi connectivity index (χ2v) is 5.47. The average molecular weight is 350 g/mol. The van der Waals surface area contributed by atoms with Gasteiger partial charge in [0.15, 0.2) is 11.5 Å². The van der Waals surface area contributed by atoms with E-state index in [2.05, 4.69) is 16.4 Å². The molecule has 0 aliphatic heterocycles. The molecule has 2 aromatic carbocycles. The number of aromatic nitrogens is 1. The van der Waals surface area contributed by atoms with Crippen LogP contribution in [0.1, 0.15) is 5.56 Å². The van der Waals surface area contributed by atoms with Crippen LogP contribution in [0.3, 0.4) is 0 Å². The molecule has 0 unspecified atom stereocenters. The lowest BCUT2D eigenvalue weighted by molar-refractivity contribution is 0.324. The SMILES string of the molecule is COc1cc(Nc2c(C#N)cnc3cc(N)ccc23)cc(OC)c1OC. The molecule has 0 amide bonds. The van der Waals surface area contributed by atoms with E-state index in [1.165, 1.54) is 6.20 Å². The van der Waals surface area contributed by atoms with Crippen molar-refractivity contribution in [2.24, 2.45) is 0 Å². The van der Waals surface area contributed by atoms with Gasteiger partial charge in [-0.05, 0) is 18.2 Å². The molecule has 3 N–H and O–H groups in total. The standard InChI is InChI=1S/C19H18N4O3/c1-24-16-7-13(8-17(25-2)19(16)26-3)23-18-11(9-20)10-22-15-6-12(21)4-5-14(15)18/h4-8,10H,21H2,1-3H3,(H,22,23). The van der Waals surface area contributed by atoms with E-state index in [1.807, 2.05) is 6.07 Å². The molecular formula is C19H18N4O3. The van der Waals surface area contributed by atoms with Crippen molar-refractivity contribution in [2.45, 2.75) is 0 Å². The Morgan fingerprint density at radius 1 is 1.04 bits per heavy atom. The van der Waals surface area contributed by atoms with Gasteiger partial charge in [-0.25, -0.2) is 0 Å². The first-order valence-corrected chi connectivity index (χ1v) is 7.76. The minimum Gasteiger partial charge on any atom is -0.493 e. The molecule has 3 rings (SSSR count). The lowest BCUT2D eigenvalue weighted by atomic mass is 10.1. The number of ether oxygens (including phenoxy) is 3. The summed E-state index contributed by atoms with van der Waals surface area (Å²) in [5.41, 5.74) is 8.86. The van der Waals surface area contributed by atoms with Crippen LogP contribution in [-0.2, 0) is 0 Å². The molecule has 26 heavy (non-hydrogen) atoms. The minimum absolute atomic E-state index is 0.413. The monoisotopic (exact) mass is 350 g/mol. The zero-order valence-corrected chi connectivity index (χ0v) is 14.7. The van der Waals surface area contributed by atoms with E-state index in [0.717, 1.165) is 5.39 Å². The van der Waals surface area contributed by atoms with Crippen molar-refractivity contribution in [3.8, 4) is 23.3 Å². The number of anilines is 3. The maximum Gasteiger partial charge on any atom is 0.203 e. The molecule has 0 saturated heterocycles. The second-order valence-electron chi connectivity index (χ2n) is 5.47. The van der Waals surface area contributed by atoms with Crippen LogP contribution in [0.15, 0.2) is 36.5 Å². The van der Waals surface area contributed by atoms with Gasteiger partial charge in [-0.15, -0.1) is 0 Å². The molecule has 1 aromatic heterocycles. The fraction of sp³-hybridized carbons (Fsp3) is 0.158. The van der Waals surface area contributed by atoms with E-state index >= 15 is 0 Å². The van der Waals surface area contributed by atoms with Gasteiger partial charge in [0.05, 0.1) is 38.1 Å². The predicted molar refractivity (Wildman–Crippen MR) is 100 cm³/mol. The van der Waals surface area contributed by atoms with Gasteiger partial charge >= 0.3 is 0 Å². The maximum atomic E-state index is 9.47. The Kier molecular flexibility index (Phi) is 4.67. The van der Waals surface area contributed by atoms with Gasteiger partial charge in [0.25, 0.3) is 0 Å². The molecule has 7 nitrogen and oxygen atoms in total. The Bertz CT molecular complexity index is 987. The van der Waals surface area contributed by atoms with E-state index in [0.29, 0.717) is 45.4 Å². The van der Waals surface area contributed by atoms with E-state index in [1.54, 1.807) is 45.6 Å². The molecule has 0 bridgehead atoms. The molecule has 7 heteroatoms. The number of nitrogen functional groups attached to an aromatic ring is 1. The quantitative estimate of drug-likeness (QED) is 0.679. The Hall–Kier alpha value is -3.66. The molecule has 0 aliphatic carbocycles. The molecule has 0 saturated carbocycles. The third kappa shape index (κ3) is 3.00. The van der Waals surface area contributed by atoms with E-state index < -0.39 is 0 Å². The number of fused-ring (bicyclic) bond motifs is 1. The normalized spacial score (nSPS) is 10.2. The second kappa shape index (κ2) is 7.07. The first kappa shape index (κ1) is 17.2. The summed E-state index contributed by atoms with van der Waals surface area (Å²) < 4.78 is 16.1. The summed E-state index contributed by atoms with van der Waals surface area (Å²) in [6.45, 7) is 0. The number of nitrogens with one attached hydrogen (secondary N) is 1. The third-order valence-corrected chi connectivity index (χ3v) is 3.95. The highest BCUT2D eigenvalue weighted by atomic mass is 16.5. The van der Waals surface area contributed by atoms with Gasteiger partial charge in [-0.3, -0.25) is 4.98 Å². The van der Waals surface area contributed by atoms with Crippen molar-refractivity contribution in [1.82, 2.24) is 4.98 Å². The minimum atomic E-state index is 0.413. The summed E-state index contributed by atoms with van der Waals surface area (Å²) >= 11 is 0. The molecule has 0 aliphatic rings. The van der Waals surface area contributed by atoms with Gasteiger partial charge in [0.2, 0.25) is 5.75 Å². The predicted octanol–water partition coefficient (Wildman–Crippen LogP) is 3.46. The first-order chi connectivity index (χ1) is 12.6. The maximum absolute atomic E-state index is 9.47. The van der Waals surface area contributed by atoms with Crippen LogP contribution in [-0.4, -0.2) is 26.3 Å². The average Bonchev–Trinajstić information content (AvgIpc) is 2.67. The van der Waals surface area contributed by atoms with E-state index in [4.69, 9.17) is 19.9 Å². The van der Waals surface area contributed by atoms with E-state index in [9.17, 15) is 5.26 Å². The smallest absolute Gasteiger partial charge is 0.203 e. The van der Waals surface area contributed by atoms with Crippen LogP contribution >= 0.6 is 0 Å². The van der Waals surface area contributed by atoms with Gasteiger partial charge in [0.1, 0.15) is 6.07 Å². The number of hydrogen-bond acceptors (Lipinski definition) is 7.